The molecule has 1 aliphatic carbocycles. The van der Waals surface area contributed by atoms with Crippen LogP contribution in [0.2, 0.25) is 0 Å². The molecule has 1 saturated carbocycles. The second-order valence-electron chi connectivity index (χ2n) is 9.91. The lowest BCUT2D eigenvalue weighted by Crippen LogP contribution is -2.55. The topological polar surface area (TPSA) is 102 Å². The first-order valence-corrected chi connectivity index (χ1v) is 12.2. The van der Waals surface area contributed by atoms with Gasteiger partial charge in [0.25, 0.3) is 5.91 Å². The molecular weight excluding hydrogens is 434 g/mol. The maximum atomic E-state index is 13.1. The van der Waals surface area contributed by atoms with Crippen molar-refractivity contribution in [2.24, 2.45) is 5.92 Å². The highest BCUT2D eigenvalue weighted by Crippen LogP contribution is 2.38. The van der Waals surface area contributed by atoms with Crippen molar-refractivity contribution in [1.29, 1.82) is 0 Å². The average Bonchev–Trinajstić information content (AvgIpc) is 3.03. The summed E-state index contributed by atoms with van der Waals surface area (Å²) in [6, 6.07) is 5.43. The fourth-order valence-corrected chi connectivity index (χ4v) is 5.42. The summed E-state index contributed by atoms with van der Waals surface area (Å²) in [5, 5.41) is 5.90. The third-order valence-electron chi connectivity index (χ3n) is 7.63. The Morgan fingerprint density at radius 3 is 2.38 bits per heavy atom. The monoisotopic (exact) mass is 469 g/mol. The van der Waals surface area contributed by atoms with Gasteiger partial charge in [-0.1, -0.05) is 38.0 Å². The number of carbonyl (C=O) groups is 4. The molecular formula is C25H35N5O4. The quantitative estimate of drug-likeness (QED) is 0.642. The number of urea groups is 1. The fraction of sp³-hybridized carbons (Fsp3) is 0.600. The molecule has 4 rings (SSSR count). The maximum absolute atomic E-state index is 13.1. The van der Waals surface area contributed by atoms with Gasteiger partial charge in [-0.3, -0.25) is 24.2 Å². The molecule has 34 heavy (non-hydrogen) atoms. The van der Waals surface area contributed by atoms with Crippen LogP contribution in [0, 0.1) is 19.8 Å². The second kappa shape index (κ2) is 9.74. The molecule has 9 nitrogen and oxygen atoms in total. The van der Waals surface area contributed by atoms with Crippen LogP contribution in [0.3, 0.4) is 0 Å². The SMILES string of the molecule is Cc1cccc(C)c1NC(=O)CN1CCN(C(=O)CN2C(=O)N[C@]3(CCCC[C@@H]3C)C2=O)CC1. The molecule has 2 aliphatic heterocycles. The van der Waals surface area contributed by atoms with E-state index >= 15 is 0 Å². The van der Waals surface area contributed by atoms with Gasteiger partial charge in [0.1, 0.15) is 12.1 Å². The van der Waals surface area contributed by atoms with Gasteiger partial charge in [-0.2, -0.15) is 0 Å². The van der Waals surface area contributed by atoms with Gasteiger partial charge in [0.2, 0.25) is 11.8 Å². The molecule has 2 atom stereocenters. The van der Waals surface area contributed by atoms with Crippen molar-refractivity contribution in [3.05, 3.63) is 29.3 Å². The molecule has 1 spiro atoms. The normalized spacial score (nSPS) is 25.6. The summed E-state index contributed by atoms with van der Waals surface area (Å²) in [5.41, 5.74) is 2.04. The van der Waals surface area contributed by atoms with Crippen molar-refractivity contribution in [2.45, 2.75) is 52.0 Å². The fourth-order valence-electron chi connectivity index (χ4n) is 5.42. The number of carbonyl (C=O) groups excluding carboxylic acids is 4. The third kappa shape index (κ3) is 4.66. The van der Waals surface area contributed by atoms with Crippen LogP contribution >= 0.6 is 0 Å². The van der Waals surface area contributed by atoms with Crippen LogP contribution in [-0.4, -0.2) is 83.3 Å². The predicted molar refractivity (Wildman–Crippen MR) is 128 cm³/mol. The molecule has 0 unspecified atom stereocenters. The number of aryl methyl sites for hydroxylation is 2. The van der Waals surface area contributed by atoms with Gasteiger partial charge < -0.3 is 15.5 Å². The largest absolute Gasteiger partial charge is 0.339 e. The number of nitrogens with zero attached hydrogens (tertiary/aromatic N) is 3. The number of amides is 5. The van der Waals surface area contributed by atoms with Crippen molar-refractivity contribution < 1.29 is 19.2 Å². The number of benzene rings is 1. The molecule has 3 aliphatic rings. The highest BCUT2D eigenvalue weighted by Gasteiger charge is 2.55. The minimum absolute atomic E-state index is 0.0657. The van der Waals surface area contributed by atoms with Crippen molar-refractivity contribution >= 4 is 29.4 Å². The summed E-state index contributed by atoms with van der Waals surface area (Å²) in [4.78, 5) is 55.9. The number of piperazine rings is 1. The number of para-hydroxylation sites is 1. The van der Waals surface area contributed by atoms with Crippen LogP contribution in [0.15, 0.2) is 18.2 Å². The molecule has 0 radical (unpaired) electrons. The van der Waals surface area contributed by atoms with Crippen molar-refractivity contribution in [2.75, 3.05) is 44.6 Å². The summed E-state index contributed by atoms with van der Waals surface area (Å²) in [6.07, 6.45) is 3.48. The minimum Gasteiger partial charge on any atom is -0.339 e. The van der Waals surface area contributed by atoms with Gasteiger partial charge in [-0.05, 0) is 43.7 Å². The molecule has 184 valence electrons. The summed E-state index contributed by atoms with van der Waals surface area (Å²) in [7, 11) is 0. The Labute approximate surface area is 200 Å². The zero-order valence-corrected chi connectivity index (χ0v) is 20.4. The highest BCUT2D eigenvalue weighted by atomic mass is 16.2. The Kier molecular flexibility index (Phi) is 6.93. The lowest BCUT2D eigenvalue weighted by atomic mass is 9.73. The van der Waals surface area contributed by atoms with E-state index in [1.807, 2.05) is 43.9 Å². The van der Waals surface area contributed by atoms with Gasteiger partial charge in [-0.25, -0.2) is 4.79 Å². The Balaban J connectivity index is 1.27. The first-order valence-electron chi connectivity index (χ1n) is 12.2. The van der Waals surface area contributed by atoms with Crippen LogP contribution in [0.25, 0.3) is 0 Å². The van der Waals surface area contributed by atoms with Gasteiger partial charge in [-0.15, -0.1) is 0 Å². The first-order chi connectivity index (χ1) is 16.2. The summed E-state index contributed by atoms with van der Waals surface area (Å²) in [5.74, 6) is -0.511. The summed E-state index contributed by atoms with van der Waals surface area (Å²) < 4.78 is 0. The number of hydrogen-bond donors (Lipinski definition) is 2. The molecule has 9 heteroatoms. The highest BCUT2D eigenvalue weighted by molar-refractivity contribution is 6.09. The Bertz CT molecular complexity index is 967. The third-order valence-corrected chi connectivity index (χ3v) is 7.63. The minimum atomic E-state index is -0.850. The molecule has 5 amide bonds. The lowest BCUT2D eigenvalue weighted by molar-refractivity contribution is -0.141. The standard InChI is InChI=1S/C25H35N5O4/c1-17-7-6-8-18(2)22(17)26-20(31)15-28-11-13-29(14-12-28)21(32)16-30-23(33)25(27-24(30)34)10-5-4-9-19(25)3/h6-8,19H,4-5,9-16H2,1-3H3,(H,26,31)(H,27,34)/t19-,25-/m0/s1. The molecule has 2 saturated heterocycles. The first kappa shape index (κ1) is 24.2. The average molecular weight is 470 g/mol. The molecule has 1 aromatic carbocycles. The molecule has 2 N–H and O–H groups in total. The van der Waals surface area contributed by atoms with Gasteiger partial charge in [0.05, 0.1) is 6.54 Å². The van der Waals surface area contributed by atoms with E-state index in [4.69, 9.17) is 0 Å². The number of rotatable bonds is 5. The van der Waals surface area contributed by atoms with E-state index in [1.165, 1.54) is 0 Å². The molecule has 1 aromatic rings. The molecule has 0 bridgehead atoms. The molecule has 0 aromatic heterocycles. The lowest BCUT2D eigenvalue weighted by Gasteiger charge is -2.37. The van der Waals surface area contributed by atoms with Crippen molar-refractivity contribution in [1.82, 2.24) is 20.0 Å². The Hall–Kier alpha value is -2.94. The van der Waals surface area contributed by atoms with E-state index in [0.717, 1.165) is 41.0 Å². The van der Waals surface area contributed by atoms with Crippen LogP contribution < -0.4 is 10.6 Å². The van der Waals surface area contributed by atoms with E-state index in [0.29, 0.717) is 32.6 Å². The number of anilines is 1. The van der Waals surface area contributed by atoms with Crippen LogP contribution in [-0.2, 0) is 14.4 Å². The van der Waals surface area contributed by atoms with Crippen LogP contribution in [0.1, 0.15) is 43.7 Å². The van der Waals surface area contributed by atoms with Crippen LogP contribution in [0.4, 0.5) is 10.5 Å². The van der Waals surface area contributed by atoms with Crippen LogP contribution in [0.5, 0.6) is 0 Å². The Morgan fingerprint density at radius 1 is 1.06 bits per heavy atom. The Morgan fingerprint density at radius 2 is 1.74 bits per heavy atom. The van der Waals surface area contributed by atoms with E-state index in [1.54, 1.807) is 4.90 Å². The number of nitrogens with one attached hydrogen (secondary N) is 2. The smallest absolute Gasteiger partial charge is 0.325 e. The van der Waals surface area contributed by atoms with Gasteiger partial charge in [0.15, 0.2) is 0 Å². The van der Waals surface area contributed by atoms with E-state index in [2.05, 4.69) is 10.6 Å². The number of imide groups is 1. The van der Waals surface area contributed by atoms with Crippen molar-refractivity contribution in [3.8, 4) is 0 Å². The molecule has 2 heterocycles. The second-order valence-corrected chi connectivity index (χ2v) is 9.91. The van der Waals surface area contributed by atoms with Gasteiger partial charge >= 0.3 is 6.03 Å². The van der Waals surface area contributed by atoms with E-state index in [9.17, 15) is 19.2 Å². The van der Waals surface area contributed by atoms with Gasteiger partial charge in [0, 0.05) is 31.9 Å². The zero-order valence-electron chi connectivity index (χ0n) is 20.4. The molecule has 3 fully saturated rings. The summed E-state index contributed by atoms with van der Waals surface area (Å²) >= 11 is 0. The van der Waals surface area contributed by atoms with E-state index < -0.39 is 11.6 Å². The number of hydrogen-bond acceptors (Lipinski definition) is 5. The van der Waals surface area contributed by atoms with E-state index in [-0.39, 0.29) is 36.7 Å². The predicted octanol–water partition coefficient (Wildman–Crippen LogP) is 1.89. The summed E-state index contributed by atoms with van der Waals surface area (Å²) in [6.45, 7) is 8.00. The zero-order chi connectivity index (χ0) is 24.5. The van der Waals surface area contributed by atoms with Crippen molar-refractivity contribution in [3.63, 3.8) is 0 Å². The maximum Gasteiger partial charge on any atom is 0.325 e.